The maximum atomic E-state index is 13.5. The van der Waals surface area contributed by atoms with Crippen molar-refractivity contribution in [1.82, 2.24) is 5.43 Å². The highest BCUT2D eigenvalue weighted by Crippen LogP contribution is 2.32. The van der Waals surface area contributed by atoms with Crippen LogP contribution in [0, 0.1) is 0 Å². The molecule has 3 rings (SSSR count). The summed E-state index contributed by atoms with van der Waals surface area (Å²) >= 11 is 1.49. The van der Waals surface area contributed by atoms with Crippen molar-refractivity contribution in [3.63, 3.8) is 0 Å². The van der Waals surface area contributed by atoms with Crippen LogP contribution >= 0.6 is 11.3 Å². The van der Waals surface area contributed by atoms with E-state index in [0.717, 1.165) is 9.18 Å². The summed E-state index contributed by atoms with van der Waals surface area (Å²) in [7, 11) is -1.21. The molecule has 0 unspecified atom stereocenters. The number of nitrogens with zero attached hydrogens (tertiary/aromatic N) is 2. The molecule has 0 bridgehead atoms. The number of ether oxygens (including phenoxy) is 2. The van der Waals surface area contributed by atoms with Crippen LogP contribution in [0.1, 0.15) is 11.8 Å². The fraction of sp³-hybridized carbons (Fsp3) is 0.182. The second-order valence-electron chi connectivity index (χ2n) is 6.57. The smallest absolute Gasteiger partial charge is 0.264 e. The number of benzene rings is 2. The van der Waals surface area contributed by atoms with Crippen LogP contribution in [0.2, 0.25) is 0 Å². The number of carbonyl (C=O) groups excluding carboxylic acids is 1. The van der Waals surface area contributed by atoms with Crippen molar-refractivity contribution in [3.8, 4) is 11.5 Å². The van der Waals surface area contributed by atoms with E-state index in [4.69, 9.17) is 9.47 Å². The Morgan fingerprint density at radius 2 is 1.75 bits per heavy atom. The summed E-state index contributed by atoms with van der Waals surface area (Å²) in [5.74, 6) is 0.0878. The maximum absolute atomic E-state index is 13.5. The number of carbonyl (C=O) groups is 1. The van der Waals surface area contributed by atoms with Crippen molar-refractivity contribution in [1.29, 1.82) is 0 Å². The minimum atomic E-state index is -4.10. The van der Waals surface area contributed by atoms with E-state index in [1.165, 1.54) is 43.8 Å². The van der Waals surface area contributed by atoms with E-state index < -0.39 is 22.5 Å². The number of rotatable bonds is 9. The van der Waals surface area contributed by atoms with Gasteiger partial charge in [0.05, 0.1) is 30.5 Å². The monoisotopic (exact) mass is 473 g/mol. The number of anilines is 1. The first kappa shape index (κ1) is 23.3. The summed E-state index contributed by atoms with van der Waals surface area (Å²) in [6.45, 7) is 1.31. The van der Waals surface area contributed by atoms with Crippen molar-refractivity contribution in [2.75, 3.05) is 25.1 Å². The van der Waals surface area contributed by atoms with Crippen LogP contribution in [0.25, 0.3) is 0 Å². The van der Waals surface area contributed by atoms with Gasteiger partial charge in [-0.25, -0.2) is 13.8 Å². The molecule has 32 heavy (non-hydrogen) atoms. The summed E-state index contributed by atoms with van der Waals surface area (Å²) < 4.78 is 38.4. The molecule has 0 radical (unpaired) electrons. The van der Waals surface area contributed by atoms with Gasteiger partial charge >= 0.3 is 0 Å². The van der Waals surface area contributed by atoms with E-state index in [-0.39, 0.29) is 10.6 Å². The van der Waals surface area contributed by atoms with Crippen molar-refractivity contribution < 1.29 is 22.7 Å². The molecule has 10 heteroatoms. The van der Waals surface area contributed by atoms with Crippen molar-refractivity contribution in [3.05, 3.63) is 70.9 Å². The molecule has 1 aromatic heterocycles. The molecular formula is C22H23N3O5S2. The second kappa shape index (κ2) is 10.3. The highest BCUT2D eigenvalue weighted by molar-refractivity contribution is 7.92. The van der Waals surface area contributed by atoms with Gasteiger partial charge in [-0.15, -0.1) is 11.3 Å². The zero-order valence-corrected chi connectivity index (χ0v) is 19.4. The molecule has 168 valence electrons. The minimum Gasteiger partial charge on any atom is -0.493 e. The molecule has 0 aliphatic carbocycles. The van der Waals surface area contributed by atoms with Crippen LogP contribution < -0.4 is 19.2 Å². The fourth-order valence-corrected chi connectivity index (χ4v) is 4.98. The molecule has 1 heterocycles. The summed E-state index contributed by atoms with van der Waals surface area (Å²) in [5.41, 5.74) is 3.41. The van der Waals surface area contributed by atoms with Crippen LogP contribution in [0.4, 0.5) is 5.69 Å². The van der Waals surface area contributed by atoms with Crippen molar-refractivity contribution in [2.45, 2.75) is 11.8 Å². The van der Waals surface area contributed by atoms with Crippen molar-refractivity contribution in [2.24, 2.45) is 5.10 Å². The number of para-hydroxylation sites is 1. The first-order valence-electron chi connectivity index (χ1n) is 9.53. The predicted octanol–water partition coefficient (Wildman–Crippen LogP) is 3.50. The lowest BCUT2D eigenvalue weighted by Crippen LogP contribution is -2.39. The number of amides is 1. The number of nitrogens with one attached hydrogen (secondary N) is 1. The Bertz CT molecular complexity index is 1190. The highest BCUT2D eigenvalue weighted by Gasteiger charge is 2.28. The number of hydrazone groups is 1. The molecular weight excluding hydrogens is 450 g/mol. The molecule has 0 spiro atoms. The lowest BCUT2D eigenvalue weighted by Gasteiger charge is -2.24. The maximum Gasteiger partial charge on any atom is 0.264 e. The summed E-state index contributed by atoms with van der Waals surface area (Å²) in [4.78, 5) is 13.5. The molecule has 1 N–H and O–H groups in total. The van der Waals surface area contributed by atoms with E-state index in [0.29, 0.717) is 17.1 Å². The summed E-state index contributed by atoms with van der Waals surface area (Å²) in [6, 6.07) is 16.4. The Morgan fingerprint density at radius 1 is 1.03 bits per heavy atom. The topological polar surface area (TPSA) is 97.3 Å². The highest BCUT2D eigenvalue weighted by atomic mass is 32.2. The third-order valence-electron chi connectivity index (χ3n) is 4.50. The van der Waals surface area contributed by atoms with Crippen LogP contribution in [0.15, 0.2) is 76.0 Å². The Hall–Kier alpha value is -3.37. The normalized spacial score (nSPS) is 11.7. The van der Waals surface area contributed by atoms with E-state index in [9.17, 15) is 13.2 Å². The molecule has 3 aromatic rings. The molecule has 0 fully saturated rings. The zero-order valence-electron chi connectivity index (χ0n) is 17.8. The van der Waals surface area contributed by atoms with Crippen molar-refractivity contribution >= 4 is 38.7 Å². The van der Waals surface area contributed by atoms with Gasteiger partial charge in [0.15, 0.2) is 11.5 Å². The molecule has 2 aromatic carbocycles. The molecule has 0 saturated carbocycles. The number of sulfonamides is 1. The molecule has 0 aliphatic rings. The molecule has 8 nitrogen and oxygen atoms in total. The minimum absolute atomic E-state index is 0.0370. The number of hydrogen-bond acceptors (Lipinski definition) is 7. The Balaban J connectivity index is 1.91. The predicted molar refractivity (Wildman–Crippen MR) is 125 cm³/mol. The first-order valence-corrected chi connectivity index (χ1v) is 11.9. The van der Waals surface area contributed by atoms with E-state index in [1.54, 1.807) is 37.3 Å². The lowest BCUT2D eigenvalue weighted by atomic mass is 10.3. The van der Waals surface area contributed by atoms with Gasteiger partial charge in [-0.2, -0.15) is 5.10 Å². The standard InChI is InChI=1S/C22H23N3O5S2/c1-16(21-10-7-13-31-21)23-24-22(26)15-25(17-8-5-4-6-9-17)32(27,28)18-11-12-19(29-2)20(14-18)30-3/h4-14H,15H2,1-3H3,(H,24,26)/b23-16-. The Labute approximate surface area is 191 Å². The average Bonchev–Trinajstić information content (AvgIpc) is 3.36. The summed E-state index contributed by atoms with van der Waals surface area (Å²) in [5, 5.41) is 5.99. The zero-order chi connectivity index (χ0) is 23.1. The summed E-state index contributed by atoms with van der Waals surface area (Å²) in [6.07, 6.45) is 0. The third kappa shape index (κ3) is 5.27. The van der Waals surface area contributed by atoms with Gasteiger partial charge in [-0.05, 0) is 42.6 Å². The molecule has 1 amide bonds. The van der Waals surface area contributed by atoms with Gasteiger partial charge in [0.1, 0.15) is 6.54 Å². The fourth-order valence-electron chi connectivity index (χ4n) is 2.87. The molecule has 0 aliphatic heterocycles. The van der Waals surface area contributed by atoms with Gasteiger partial charge in [0.2, 0.25) is 0 Å². The molecule has 0 atom stereocenters. The van der Waals surface area contributed by atoms with Crippen LogP contribution in [0.5, 0.6) is 11.5 Å². The van der Waals surface area contributed by atoms with Gasteiger partial charge < -0.3 is 9.47 Å². The SMILES string of the molecule is COc1ccc(S(=O)(=O)N(CC(=O)N/N=C(/C)c2cccs2)c2ccccc2)cc1OC. The number of thiophene rings is 1. The number of methoxy groups -OCH3 is 2. The van der Waals surface area contributed by atoms with Gasteiger partial charge in [0, 0.05) is 10.9 Å². The number of hydrogen-bond donors (Lipinski definition) is 1. The Kier molecular flexibility index (Phi) is 7.49. The van der Waals surface area contributed by atoms with Crippen LogP contribution in [-0.4, -0.2) is 40.8 Å². The van der Waals surface area contributed by atoms with Crippen LogP contribution in [0.3, 0.4) is 0 Å². The van der Waals surface area contributed by atoms with E-state index in [2.05, 4.69) is 10.5 Å². The van der Waals surface area contributed by atoms with Gasteiger partial charge in [-0.3, -0.25) is 9.10 Å². The first-order chi connectivity index (χ1) is 15.4. The Morgan fingerprint density at radius 3 is 2.38 bits per heavy atom. The average molecular weight is 474 g/mol. The second-order valence-corrected chi connectivity index (χ2v) is 9.38. The quantitative estimate of drug-likeness (QED) is 0.379. The van der Waals surface area contributed by atoms with E-state index >= 15 is 0 Å². The van der Waals surface area contributed by atoms with Gasteiger partial charge in [-0.1, -0.05) is 24.3 Å². The lowest BCUT2D eigenvalue weighted by molar-refractivity contribution is -0.119. The van der Waals surface area contributed by atoms with Crippen LogP contribution in [-0.2, 0) is 14.8 Å². The molecule has 0 saturated heterocycles. The van der Waals surface area contributed by atoms with E-state index in [1.807, 2.05) is 17.5 Å². The third-order valence-corrected chi connectivity index (χ3v) is 7.25. The van der Waals surface area contributed by atoms with Gasteiger partial charge in [0.25, 0.3) is 15.9 Å². The largest absolute Gasteiger partial charge is 0.493 e.